The van der Waals surface area contributed by atoms with E-state index in [2.05, 4.69) is 21.9 Å². The highest BCUT2D eigenvalue weighted by atomic mass is 16.2. The molecule has 0 radical (unpaired) electrons. The summed E-state index contributed by atoms with van der Waals surface area (Å²) in [6, 6.07) is 0. The van der Waals surface area contributed by atoms with Crippen molar-refractivity contribution in [3.8, 4) is 12.3 Å². The van der Waals surface area contributed by atoms with Crippen LogP contribution in [0.25, 0.3) is 0 Å². The molecule has 0 aliphatic heterocycles. The number of hydrogen-bond donors (Lipinski definition) is 3. The summed E-state index contributed by atoms with van der Waals surface area (Å²) in [5, 5.41) is 7.77. The zero-order valence-electron chi connectivity index (χ0n) is 8.22. The SMILES string of the molecule is C#CCNCC(=O)NCCC(=O)NC. The standard InChI is InChI=1S/C9H15N3O2/c1-3-5-11-7-9(14)12-6-4-8(13)10-2/h1,11H,4-7H2,2H3,(H,10,13)(H,12,14). The second-order valence-electron chi connectivity index (χ2n) is 2.58. The van der Waals surface area contributed by atoms with Crippen molar-refractivity contribution in [1.82, 2.24) is 16.0 Å². The Morgan fingerprint density at radius 1 is 1.36 bits per heavy atom. The third kappa shape index (κ3) is 7.13. The summed E-state index contributed by atoms with van der Waals surface area (Å²) >= 11 is 0. The number of amides is 2. The fourth-order valence-corrected chi connectivity index (χ4v) is 0.751. The highest BCUT2D eigenvalue weighted by molar-refractivity contribution is 5.79. The van der Waals surface area contributed by atoms with Crippen molar-refractivity contribution in [1.29, 1.82) is 0 Å². The summed E-state index contributed by atoms with van der Waals surface area (Å²) in [4.78, 5) is 21.8. The van der Waals surface area contributed by atoms with Gasteiger partial charge in [0.1, 0.15) is 0 Å². The smallest absolute Gasteiger partial charge is 0.233 e. The van der Waals surface area contributed by atoms with E-state index in [1.807, 2.05) is 0 Å². The molecule has 0 atom stereocenters. The number of rotatable bonds is 6. The molecule has 78 valence electrons. The Labute approximate surface area is 83.6 Å². The summed E-state index contributed by atoms with van der Waals surface area (Å²) < 4.78 is 0. The van der Waals surface area contributed by atoms with E-state index in [0.717, 1.165) is 0 Å². The molecule has 0 aromatic rings. The molecule has 3 N–H and O–H groups in total. The Morgan fingerprint density at radius 3 is 2.64 bits per heavy atom. The van der Waals surface area contributed by atoms with Crippen LogP contribution in [0.1, 0.15) is 6.42 Å². The summed E-state index contributed by atoms with van der Waals surface area (Å²) in [6.45, 7) is 0.886. The van der Waals surface area contributed by atoms with Crippen molar-refractivity contribution in [2.45, 2.75) is 6.42 Å². The van der Waals surface area contributed by atoms with E-state index < -0.39 is 0 Å². The van der Waals surface area contributed by atoms with Gasteiger partial charge >= 0.3 is 0 Å². The fourth-order valence-electron chi connectivity index (χ4n) is 0.751. The van der Waals surface area contributed by atoms with Crippen LogP contribution < -0.4 is 16.0 Å². The highest BCUT2D eigenvalue weighted by Crippen LogP contribution is 1.75. The Balaban J connectivity index is 3.36. The molecule has 0 aromatic carbocycles. The monoisotopic (exact) mass is 197 g/mol. The molecule has 14 heavy (non-hydrogen) atoms. The van der Waals surface area contributed by atoms with Crippen LogP contribution in [-0.4, -0.2) is 38.5 Å². The first-order chi connectivity index (χ1) is 6.70. The van der Waals surface area contributed by atoms with Crippen molar-refractivity contribution < 1.29 is 9.59 Å². The van der Waals surface area contributed by atoms with E-state index in [1.54, 1.807) is 7.05 Å². The van der Waals surface area contributed by atoms with Crippen LogP contribution >= 0.6 is 0 Å². The molecule has 0 bridgehead atoms. The zero-order valence-corrected chi connectivity index (χ0v) is 8.22. The van der Waals surface area contributed by atoms with Crippen LogP contribution in [-0.2, 0) is 9.59 Å². The lowest BCUT2D eigenvalue weighted by atomic mass is 10.4. The largest absolute Gasteiger partial charge is 0.359 e. The molecule has 2 amide bonds. The quantitative estimate of drug-likeness (QED) is 0.357. The maximum absolute atomic E-state index is 11.0. The lowest BCUT2D eigenvalue weighted by molar-refractivity contribution is -0.121. The predicted octanol–water partition coefficient (Wildman–Crippen LogP) is -1.54. The summed E-state index contributed by atoms with van der Waals surface area (Å²) in [6.07, 6.45) is 5.26. The summed E-state index contributed by atoms with van der Waals surface area (Å²) in [5.41, 5.74) is 0. The molecule has 0 saturated heterocycles. The third-order valence-corrected chi connectivity index (χ3v) is 1.47. The lowest BCUT2D eigenvalue weighted by Gasteiger charge is -2.04. The van der Waals surface area contributed by atoms with Gasteiger partial charge in [0.05, 0.1) is 13.1 Å². The van der Waals surface area contributed by atoms with Crippen molar-refractivity contribution in [3.63, 3.8) is 0 Å². The van der Waals surface area contributed by atoms with Gasteiger partial charge in [0.25, 0.3) is 0 Å². The Kier molecular flexibility index (Phi) is 7.19. The maximum atomic E-state index is 11.0. The van der Waals surface area contributed by atoms with E-state index in [-0.39, 0.29) is 24.8 Å². The van der Waals surface area contributed by atoms with Crippen molar-refractivity contribution in [2.75, 3.05) is 26.7 Å². The van der Waals surface area contributed by atoms with Gasteiger partial charge in [-0.25, -0.2) is 0 Å². The predicted molar refractivity (Wildman–Crippen MR) is 53.4 cm³/mol. The van der Waals surface area contributed by atoms with Crippen LogP contribution in [0.5, 0.6) is 0 Å². The minimum Gasteiger partial charge on any atom is -0.359 e. The first-order valence-electron chi connectivity index (χ1n) is 4.32. The molecule has 0 heterocycles. The van der Waals surface area contributed by atoms with Gasteiger partial charge in [0.2, 0.25) is 11.8 Å². The van der Waals surface area contributed by atoms with Gasteiger partial charge in [0, 0.05) is 20.0 Å². The number of carbonyl (C=O) groups excluding carboxylic acids is 2. The normalized spacial score (nSPS) is 8.86. The van der Waals surface area contributed by atoms with E-state index in [9.17, 15) is 9.59 Å². The fraction of sp³-hybridized carbons (Fsp3) is 0.556. The van der Waals surface area contributed by atoms with Gasteiger partial charge in [-0.05, 0) is 0 Å². The van der Waals surface area contributed by atoms with Crippen molar-refractivity contribution in [2.24, 2.45) is 0 Å². The van der Waals surface area contributed by atoms with Gasteiger partial charge in [0.15, 0.2) is 0 Å². The molecule has 0 aliphatic carbocycles. The number of hydrogen-bond acceptors (Lipinski definition) is 3. The molecule has 0 spiro atoms. The van der Waals surface area contributed by atoms with Crippen LogP contribution in [0.3, 0.4) is 0 Å². The van der Waals surface area contributed by atoms with Crippen LogP contribution in [0.2, 0.25) is 0 Å². The molecule has 5 nitrogen and oxygen atoms in total. The van der Waals surface area contributed by atoms with Crippen molar-refractivity contribution in [3.05, 3.63) is 0 Å². The maximum Gasteiger partial charge on any atom is 0.233 e. The second-order valence-corrected chi connectivity index (χ2v) is 2.58. The average Bonchev–Trinajstić information content (AvgIpc) is 2.18. The van der Waals surface area contributed by atoms with Gasteiger partial charge in [-0.1, -0.05) is 5.92 Å². The molecule has 0 rings (SSSR count). The first-order valence-corrected chi connectivity index (χ1v) is 4.32. The van der Waals surface area contributed by atoms with Gasteiger partial charge in [-0.3, -0.25) is 14.9 Å². The molecule has 0 fully saturated rings. The minimum absolute atomic E-state index is 0.0955. The Morgan fingerprint density at radius 2 is 2.07 bits per heavy atom. The van der Waals surface area contributed by atoms with Crippen LogP contribution in [0.4, 0.5) is 0 Å². The van der Waals surface area contributed by atoms with Crippen LogP contribution in [0, 0.1) is 12.3 Å². The molecule has 0 aliphatic rings. The number of terminal acetylenes is 1. The second kappa shape index (κ2) is 8.08. The zero-order chi connectivity index (χ0) is 10.8. The van der Waals surface area contributed by atoms with Gasteiger partial charge in [-0.15, -0.1) is 6.42 Å². The highest BCUT2D eigenvalue weighted by Gasteiger charge is 2.01. The van der Waals surface area contributed by atoms with Crippen LogP contribution in [0.15, 0.2) is 0 Å². The summed E-state index contributed by atoms with van der Waals surface area (Å²) in [7, 11) is 1.55. The molecule has 0 unspecified atom stereocenters. The lowest BCUT2D eigenvalue weighted by Crippen LogP contribution is -2.36. The summed E-state index contributed by atoms with van der Waals surface area (Å²) in [5.74, 6) is 2.09. The minimum atomic E-state index is -0.163. The third-order valence-electron chi connectivity index (χ3n) is 1.47. The topological polar surface area (TPSA) is 70.2 Å². The number of nitrogens with one attached hydrogen (secondary N) is 3. The first kappa shape index (κ1) is 12.5. The molecule has 5 heteroatoms. The average molecular weight is 197 g/mol. The van der Waals surface area contributed by atoms with Crippen molar-refractivity contribution >= 4 is 11.8 Å². The molecule has 0 aromatic heterocycles. The Bertz CT molecular complexity index is 233. The van der Waals surface area contributed by atoms with Gasteiger partial charge in [-0.2, -0.15) is 0 Å². The molecular weight excluding hydrogens is 182 g/mol. The number of carbonyl (C=O) groups is 2. The Hall–Kier alpha value is -1.54. The van der Waals surface area contributed by atoms with E-state index in [4.69, 9.17) is 6.42 Å². The van der Waals surface area contributed by atoms with E-state index in [1.165, 1.54) is 0 Å². The molecular formula is C9H15N3O2. The van der Waals surface area contributed by atoms with Gasteiger partial charge < -0.3 is 10.6 Å². The van der Waals surface area contributed by atoms with E-state index >= 15 is 0 Å². The van der Waals surface area contributed by atoms with E-state index in [0.29, 0.717) is 13.1 Å². The molecule has 0 saturated carbocycles.